The van der Waals surface area contributed by atoms with Gasteiger partial charge in [-0.2, -0.15) is 0 Å². The number of carbonyl (C=O) groups is 1. The van der Waals surface area contributed by atoms with Gasteiger partial charge in [0, 0.05) is 10.7 Å². The van der Waals surface area contributed by atoms with Gasteiger partial charge in [0.05, 0.1) is 11.9 Å². The predicted octanol–water partition coefficient (Wildman–Crippen LogP) is 4.45. The van der Waals surface area contributed by atoms with Gasteiger partial charge in [0.15, 0.2) is 0 Å². The molecule has 0 saturated carbocycles. The minimum absolute atomic E-state index is 0.315. The maximum Gasteiger partial charge on any atom is 0.248 e. The molecule has 2 rings (SSSR count). The Hall–Kier alpha value is -2.05. The molecule has 0 spiro atoms. The lowest BCUT2D eigenvalue weighted by molar-refractivity contribution is -0.117. The van der Waals surface area contributed by atoms with E-state index in [4.69, 9.17) is 11.6 Å². The Kier molecular flexibility index (Phi) is 6.54. The molecule has 2 aromatic carbocycles. The van der Waals surface area contributed by atoms with Crippen molar-refractivity contribution in [3.63, 3.8) is 0 Å². The Morgan fingerprint density at radius 1 is 1.11 bits per heavy atom. The number of aryl methyl sites for hydroxylation is 3. The molecule has 0 radical (unpaired) electrons. The summed E-state index contributed by atoms with van der Waals surface area (Å²) in [4.78, 5) is 12.9. The van der Waals surface area contributed by atoms with Gasteiger partial charge in [-0.05, 0) is 56.5 Å². The van der Waals surface area contributed by atoms with E-state index >= 15 is 0 Å². The van der Waals surface area contributed by atoms with Gasteiger partial charge in [0.25, 0.3) is 0 Å². The minimum atomic E-state index is -3.70. The van der Waals surface area contributed by atoms with Crippen molar-refractivity contribution < 1.29 is 13.2 Å². The summed E-state index contributed by atoms with van der Waals surface area (Å²) in [5.74, 6) is -0.383. The first-order valence-electron chi connectivity index (χ1n) is 8.68. The second-order valence-corrected chi connectivity index (χ2v) is 8.99. The first-order chi connectivity index (χ1) is 12.5. The number of nitrogens with zero attached hydrogens (tertiary/aromatic N) is 1. The van der Waals surface area contributed by atoms with E-state index in [1.807, 2.05) is 39.0 Å². The fourth-order valence-electron chi connectivity index (χ4n) is 2.95. The van der Waals surface area contributed by atoms with Crippen molar-refractivity contribution in [3.8, 4) is 0 Å². The van der Waals surface area contributed by atoms with Crippen molar-refractivity contribution in [3.05, 3.63) is 58.1 Å². The van der Waals surface area contributed by atoms with E-state index in [-0.39, 0.29) is 5.91 Å². The summed E-state index contributed by atoms with van der Waals surface area (Å²) in [5, 5.41) is 3.31. The van der Waals surface area contributed by atoms with Crippen LogP contribution in [-0.2, 0) is 14.8 Å². The monoisotopic (exact) mass is 408 g/mol. The lowest BCUT2D eigenvalue weighted by Crippen LogP contribution is -2.47. The van der Waals surface area contributed by atoms with Gasteiger partial charge in [0.1, 0.15) is 6.04 Å². The summed E-state index contributed by atoms with van der Waals surface area (Å²) in [6.45, 7) is 7.49. The number of sulfonamides is 1. The Bertz CT molecular complexity index is 958. The van der Waals surface area contributed by atoms with Gasteiger partial charge in [-0.1, -0.05) is 42.3 Å². The summed E-state index contributed by atoms with van der Waals surface area (Å²) in [7, 11) is -3.70. The van der Waals surface area contributed by atoms with Crippen LogP contribution in [0.5, 0.6) is 0 Å². The molecule has 0 aliphatic heterocycles. The quantitative estimate of drug-likeness (QED) is 0.767. The zero-order valence-corrected chi connectivity index (χ0v) is 17.8. The minimum Gasteiger partial charge on any atom is -0.324 e. The average Bonchev–Trinajstić information content (AvgIpc) is 2.56. The number of hydrogen-bond donors (Lipinski definition) is 1. The summed E-state index contributed by atoms with van der Waals surface area (Å²) in [6.07, 6.45) is 1.41. The molecule has 1 amide bonds. The average molecular weight is 409 g/mol. The highest BCUT2D eigenvalue weighted by molar-refractivity contribution is 7.92. The lowest BCUT2D eigenvalue weighted by atomic mass is 10.1. The largest absolute Gasteiger partial charge is 0.324 e. The van der Waals surface area contributed by atoms with Crippen LogP contribution in [0, 0.1) is 20.8 Å². The third-order valence-corrected chi connectivity index (χ3v) is 5.97. The van der Waals surface area contributed by atoms with E-state index in [1.54, 1.807) is 25.1 Å². The van der Waals surface area contributed by atoms with Crippen LogP contribution in [-0.4, -0.2) is 26.6 Å². The van der Waals surface area contributed by atoms with Crippen molar-refractivity contribution in [2.24, 2.45) is 0 Å². The van der Waals surface area contributed by atoms with E-state index in [0.717, 1.165) is 27.3 Å². The smallest absolute Gasteiger partial charge is 0.248 e. The molecule has 0 aliphatic carbocycles. The molecule has 0 aromatic heterocycles. The Balaban J connectivity index is 2.42. The van der Waals surface area contributed by atoms with Gasteiger partial charge in [-0.3, -0.25) is 9.10 Å². The lowest BCUT2D eigenvalue weighted by Gasteiger charge is -2.30. The SMILES string of the molecule is CCC(C(=O)Nc1ccc(C)cc1C)N(c1ccc(C)c(Cl)c1)S(C)(=O)=O. The fraction of sp³-hybridized carbons (Fsp3) is 0.350. The molecule has 0 bridgehead atoms. The van der Waals surface area contributed by atoms with Gasteiger partial charge in [-0.15, -0.1) is 0 Å². The third-order valence-electron chi connectivity index (χ3n) is 4.38. The van der Waals surface area contributed by atoms with Crippen LogP contribution >= 0.6 is 11.6 Å². The molecule has 27 heavy (non-hydrogen) atoms. The van der Waals surface area contributed by atoms with E-state index in [0.29, 0.717) is 22.8 Å². The Labute approximate surface area is 166 Å². The number of anilines is 2. The summed E-state index contributed by atoms with van der Waals surface area (Å²) < 4.78 is 26.1. The van der Waals surface area contributed by atoms with Crippen LogP contribution in [0.4, 0.5) is 11.4 Å². The van der Waals surface area contributed by atoms with Crippen LogP contribution in [0.3, 0.4) is 0 Å². The van der Waals surface area contributed by atoms with Crippen molar-refractivity contribution >= 4 is 38.9 Å². The second-order valence-electron chi connectivity index (χ2n) is 6.72. The Morgan fingerprint density at radius 3 is 2.30 bits per heavy atom. The molecular weight excluding hydrogens is 384 g/mol. The van der Waals surface area contributed by atoms with Crippen LogP contribution in [0.2, 0.25) is 5.02 Å². The van der Waals surface area contributed by atoms with Gasteiger partial charge >= 0.3 is 0 Å². The number of carbonyl (C=O) groups excluding carboxylic acids is 1. The highest BCUT2D eigenvalue weighted by Gasteiger charge is 2.32. The van der Waals surface area contributed by atoms with Gasteiger partial charge in [0.2, 0.25) is 15.9 Å². The maximum absolute atomic E-state index is 12.9. The summed E-state index contributed by atoms with van der Waals surface area (Å²) in [6, 6.07) is 9.77. The van der Waals surface area contributed by atoms with Crippen molar-refractivity contribution in [1.29, 1.82) is 0 Å². The molecule has 7 heteroatoms. The summed E-state index contributed by atoms with van der Waals surface area (Å²) >= 11 is 6.18. The maximum atomic E-state index is 12.9. The van der Waals surface area contributed by atoms with Gasteiger partial charge in [-0.25, -0.2) is 8.42 Å². The van der Waals surface area contributed by atoms with Crippen LogP contribution in [0.1, 0.15) is 30.0 Å². The number of halogens is 1. The first-order valence-corrected chi connectivity index (χ1v) is 10.9. The molecule has 2 aromatic rings. The highest BCUT2D eigenvalue weighted by Crippen LogP contribution is 2.28. The molecular formula is C20H25ClN2O3S. The molecule has 0 aliphatic rings. The van der Waals surface area contributed by atoms with Gasteiger partial charge < -0.3 is 5.32 Å². The molecule has 1 unspecified atom stereocenters. The van der Waals surface area contributed by atoms with Crippen LogP contribution in [0.25, 0.3) is 0 Å². The van der Waals surface area contributed by atoms with E-state index in [9.17, 15) is 13.2 Å². The topological polar surface area (TPSA) is 66.5 Å². The predicted molar refractivity (Wildman–Crippen MR) is 112 cm³/mol. The van der Waals surface area contributed by atoms with Crippen molar-refractivity contribution in [1.82, 2.24) is 0 Å². The first kappa shape index (κ1) is 21.3. The number of rotatable bonds is 6. The number of benzene rings is 2. The number of amides is 1. The number of hydrogen-bond acceptors (Lipinski definition) is 3. The standard InChI is InChI=1S/C20H25ClN2O3S/c1-6-19(20(24)22-18-10-7-13(2)11-15(18)4)23(27(5,25)26)16-9-8-14(3)17(21)12-16/h7-12,19H,6H2,1-5H3,(H,22,24). The molecule has 0 saturated heterocycles. The zero-order valence-electron chi connectivity index (χ0n) is 16.2. The molecule has 0 heterocycles. The molecule has 5 nitrogen and oxygen atoms in total. The molecule has 146 valence electrons. The fourth-order valence-corrected chi connectivity index (χ4v) is 4.33. The number of nitrogens with one attached hydrogen (secondary N) is 1. The van der Waals surface area contributed by atoms with E-state index in [2.05, 4.69) is 5.32 Å². The molecule has 0 fully saturated rings. The Morgan fingerprint density at radius 2 is 1.78 bits per heavy atom. The van der Waals surface area contributed by atoms with E-state index in [1.165, 1.54) is 0 Å². The van der Waals surface area contributed by atoms with Crippen LogP contribution < -0.4 is 9.62 Å². The summed E-state index contributed by atoms with van der Waals surface area (Å²) in [5.41, 5.74) is 3.88. The second kappa shape index (κ2) is 8.31. The van der Waals surface area contributed by atoms with Crippen molar-refractivity contribution in [2.45, 2.75) is 40.2 Å². The zero-order chi connectivity index (χ0) is 20.4. The van der Waals surface area contributed by atoms with Crippen molar-refractivity contribution in [2.75, 3.05) is 15.9 Å². The molecule has 1 N–H and O–H groups in total. The van der Waals surface area contributed by atoms with E-state index < -0.39 is 16.1 Å². The highest BCUT2D eigenvalue weighted by atomic mass is 35.5. The normalized spacial score (nSPS) is 12.5. The molecule has 1 atom stereocenters. The van der Waals surface area contributed by atoms with Crippen LogP contribution in [0.15, 0.2) is 36.4 Å². The third kappa shape index (κ3) is 5.02.